The molecule has 0 spiro atoms. The van der Waals surface area contributed by atoms with E-state index < -0.39 is 0 Å². The SMILES string of the molecule is CNC(Cc1ccncc1Cl)Cc1c(F)cccc1Cl. The molecule has 0 aliphatic carbocycles. The molecule has 1 aromatic heterocycles. The van der Waals surface area contributed by atoms with Crippen molar-refractivity contribution in [2.24, 2.45) is 0 Å². The molecule has 1 heterocycles. The zero-order valence-corrected chi connectivity index (χ0v) is 12.5. The van der Waals surface area contributed by atoms with Crippen LogP contribution in [0, 0.1) is 5.82 Å². The van der Waals surface area contributed by atoms with Gasteiger partial charge in [0.2, 0.25) is 0 Å². The van der Waals surface area contributed by atoms with Gasteiger partial charge < -0.3 is 5.32 Å². The Morgan fingerprint density at radius 3 is 2.65 bits per heavy atom. The van der Waals surface area contributed by atoms with Crippen LogP contribution in [0.4, 0.5) is 4.39 Å². The molecule has 1 atom stereocenters. The number of pyridine rings is 1. The molecule has 2 aromatic rings. The van der Waals surface area contributed by atoms with E-state index in [1.165, 1.54) is 6.07 Å². The third kappa shape index (κ3) is 3.69. The summed E-state index contributed by atoms with van der Waals surface area (Å²) in [6.45, 7) is 0. The van der Waals surface area contributed by atoms with Crippen LogP contribution in [-0.4, -0.2) is 18.1 Å². The summed E-state index contributed by atoms with van der Waals surface area (Å²) >= 11 is 12.2. The minimum Gasteiger partial charge on any atom is -0.316 e. The molecule has 0 fully saturated rings. The minimum atomic E-state index is -0.279. The average Bonchev–Trinajstić information content (AvgIpc) is 2.44. The van der Waals surface area contributed by atoms with E-state index in [1.807, 2.05) is 13.1 Å². The number of rotatable bonds is 5. The van der Waals surface area contributed by atoms with Gasteiger partial charge in [0.05, 0.1) is 5.02 Å². The van der Waals surface area contributed by atoms with E-state index in [4.69, 9.17) is 23.2 Å². The van der Waals surface area contributed by atoms with Gasteiger partial charge in [-0.2, -0.15) is 0 Å². The van der Waals surface area contributed by atoms with Crippen molar-refractivity contribution in [1.29, 1.82) is 0 Å². The Morgan fingerprint density at radius 2 is 2.00 bits per heavy atom. The third-order valence-corrected chi connectivity index (χ3v) is 3.94. The molecular formula is C15H15Cl2FN2. The van der Waals surface area contributed by atoms with Crippen LogP contribution in [0.5, 0.6) is 0 Å². The lowest BCUT2D eigenvalue weighted by Crippen LogP contribution is -2.30. The molecular weight excluding hydrogens is 298 g/mol. The molecule has 1 unspecified atom stereocenters. The van der Waals surface area contributed by atoms with Gasteiger partial charge in [0.25, 0.3) is 0 Å². The number of nitrogens with one attached hydrogen (secondary N) is 1. The van der Waals surface area contributed by atoms with Crippen LogP contribution >= 0.6 is 23.2 Å². The summed E-state index contributed by atoms with van der Waals surface area (Å²) < 4.78 is 13.8. The molecule has 2 rings (SSSR count). The number of hydrogen-bond acceptors (Lipinski definition) is 2. The van der Waals surface area contributed by atoms with Gasteiger partial charge in [-0.05, 0) is 43.7 Å². The molecule has 2 nitrogen and oxygen atoms in total. The smallest absolute Gasteiger partial charge is 0.127 e. The molecule has 0 amide bonds. The van der Waals surface area contributed by atoms with E-state index in [1.54, 1.807) is 24.5 Å². The van der Waals surface area contributed by atoms with Crippen molar-refractivity contribution < 1.29 is 4.39 Å². The average molecular weight is 313 g/mol. The highest BCUT2D eigenvalue weighted by atomic mass is 35.5. The first-order valence-electron chi connectivity index (χ1n) is 6.30. The number of benzene rings is 1. The Morgan fingerprint density at radius 1 is 1.20 bits per heavy atom. The van der Waals surface area contributed by atoms with Gasteiger partial charge in [0.1, 0.15) is 5.82 Å². The molecule has 0 saturated heterocycles. The molecule has 1 aromatic carbocycles. The van der Waals surface area contributed by atoms with Crippen LogP contribution in [-0.2, 0) is 12.8 Å². The largest absolute Gasteiger partial charge is 0.316 e. The molecule has 0 radical (unpaired) electrons. The van der Waals surface area contributed by atoms with Gasteiger partial charge in [-0.25, -0.2) is 4.39 Å². The Labute approximate surface area is 127 Å². The minimum absolute atomic E-state index is 0.0456. The van der Waals surface area contributed by atoms with Gasteiger partial charge in [-0.15, -0.1) is 0 Å². The van der Waals surface area contributed by atoms with Crippen molar-refractivity contribution in [3.05, 3.63) is 63.6 Å². The summed E-state index contributed by atoms with van der Waals surface area (Å²) in [5.41, 5.74) is 1.51. The Balaban J connectivity index is 2.16. The van der Waals surface area contributed by atoms with E-state index in [9.17, 15) is 4.39 Å². The summed E-state index contributed by atoms with van der Waals surface area (Å²) in [5, 5.41) is 4.24. The summed E-state index contributed by atoms with van der Waals surface area (Å²) in [4.78, 5) is 3.96. The fraction of sp³-hybridized carbons (Fsp3) is 0.267. The maximum atomic E-state index is 13.8. The van der Waals surface area contributed by atoms with Crippen molar-refractivity contribution in [3.8, 4) is 0 Å². The number of nitrogens with zero attached hydrogens (tertiary/aromatic N) is 1. The van der Waals surface area contributed by atoms with Gasteiger partial charge >= 0.3 is 0 Å². The van der Waals surface area contributed by atoms with Crippen LogP contribution in [0.25, 0.3) is 0 Å². The molecule has 5 heteroatoms. The summed E-state index contributed by atoms with van der Waals surface area (Å²) in [7, 11) is 1.84. The normalized spacial score (nSPS) is 12.4. The molecule has 0 aliphatic rings. The van der Waals surface area contributed by atoms with Crippen LogP contribution in [0.2, 0.25) is 10.0 Å². The number of hydrogen-bond donors (Lipinski definition) is 1. The summed E-state index contributed by atoms with van der Waals surface area (Å²) in [6.07, 6.45) is 4.49. The first-order valence-corrected chi connectivity index (χ1v) is 7.06. The second-order valence-electron chi connectivity index (χ2n) is 4.56. The van der Waals surface area contributed by atoms with Crippen LogP contribution in [0.3, 0.4) is 0 Å². The maximum Gasteiger partial charge on any atom is 0.127 e. The van der Waals surface area contributed by atoms with E-state index >= 15 is 0 Å². The van der Waals surface area contributed by atoms with Crippen molar-refractivity contribution in [2.75, 3.05) is 7.05 Å². The van der Waals surface area contributed by atoms with Crippen LogP contribution in [0.1, 0.15) is 11.1 Å². The van der Waals surface area contributed by atoms with E-state index in [-0.39, 0.29) is 11.9 Å². The number of halogens is 3. The highest BCUT2D eigenvalue weighted by Crippen LogP contribution is 2.22. The monoisotopic (exact) mass is 312 g/mol. The highest BCUT2D eigenvalue weighted by molar-refractivity contribution is 6.31. The fourth-order valence-corrected chi connectivity index (χ4v) is 2.52. The predicted octanol–water partition coefficient (Wildman–Crippen LogP) is 3.90. The third-order valence-electron chi connectivity index (χ3n) is 3.24. The Kier molecular flexibility index (Phi) is 5.35. The molecule has 1 N–H and O–H groups in total. The Hall–Kier alpha value is -1.16. The zero-order chi connectivity index (χ0) is 14.5. The Bertz CT molecular complexity index is 570. The topological polar surface area (TPSA) is 24.9 Å². The zero-order valence-electron chi connectivity index (χ0n) is 11.0. The van der Waals surface area contributed by atoms with E-state index in [2.05, 4.69) is 10.3 Å². The molecule has 20 heavy (non-hydrogen) atoms. The van der Waals surface area contributed by atoms with Gasteiger partial charge in [-0.3, -0.25) is 4.98 Å². The highest BCUT2D eigenvalue weighted by Gasteiger charge is 2.15. The van der Waals surface area contributed by atoms with Gasteiger partial charge in [0, 0.05) is 29.0 Å². The molecule has 0 saturated carbocycles. The second-order valence-corrected chi connectivity index (χ2v) is 5.38. The van der Waals surface area contributed by atoms with Crippen molar-refractivity contribution in [1.82, 2.24) is 10.3 Å². The lowest BCUT2D eigenvalue weighted by molar-refractivity contribution is 0.532. The lowest BCUT2D eigenvalue weighted by atomic mass is 9.99. The quantitative estimate of drug-likeness (QED) is 0.905. The van der Waals surface area contributed by atoms with Crippen LogP contribution < -0.4 is 5.32 Å². The molecule has 0 bridgehead atoms. The standard InChI is InChI=1S/C15H15Cl2FN2/c1-19-11(7-10-5-6-20-9-14(10)17)8-12-13(16)3-2-4-15(12)18/h2-6,9,11,19H,7-8H2,1H3. The van der Waals surface area contributed by atoms with Crippen molar-refractivity contribution in [2.45, 2.75) is 18.9 Å². The van der Waals surface area contributed by atoms with Gasteiger partial charge in [-0.1, -0.05) is 29.3 Å². The fourth-order valence-electron chi connectivity index (χ4n) is 2.09. The first-order chi connectivity index (χ1) is 9.61. The number of aromatic nitrogens is 1. The van der Waals surface area contributed by atoms with Crippen LogP contribution in [0.15, 0.2) is 36.7 Å². The first kappa shape index (κ1) is 15.2. The lowest BCUT2D eigenvalue weighted by Gasteiger charge is -2.18. The summed E-state index contributed by atoms with van der Waals surface area (Å²) in [5.74, 6) is -0.279. The van der Waals surface area contributed by atoms with Gasteiger partial charge in [0.15, 0.2) is 0 Å². The summed E-state index contributed by atoms with van der Waals surface area (Å²) in [6, 6.07) is 6.65. The van der Waals surface area contributed by atoms with E-state index in [0.717, 1.165) is 5.56 Å². The van der Waals surface area contributed by atoms with Crippen molar-refractivity contribution in [3.63, 3.8) is 0 Å². The molecule has 0 aliphatic heterocycles. The predicted molar refractivity (Wildman–Crippen MR) is 80.9 cm³/mol. The number of likely N-dealkylation sites (N-methyl/N-ethyl adjacent to an activating group) is 1. The second kappa shape index (κ2) is 7.02. The van der Waals surface area contributed by atoms with Crippen molar-refractivity contribution >= 4 is 23.2 Å². The van der Waals surface area contributed by atoms with E-state index in [0.29, 0.717) is 28.5 Å². The maximum absolute atomic E-state index is 13.8. The molecule has 106 valence electrons.